The molecule has 1 aromatic rings. The van der Waals surface area contributed by atoms with E-state index in [9.17, 15) is 9.18 Å². The number of rotatable bonds is 4. The fourth-order valence-electron chi connectivity index (χ4n) is 2.17. The molecule has 0 radical (unpaired) electrons. The van der Waals surface area contributed by atoms with E-state index in [1.165, 1.54) is 12.1 Å². The summed E-state index contributed by atoms with van der Waals surface area (Å²) >= 11 is 5.80. The fourth-order valence-corrected chi connectivity index (χ4v) is 2.39. The summed E-state index contributed by atoms with van der Waals surface area (Å²) in [5.41, 5.74) is 0. The number of aliphatic hydroxyl groups excluding tert-OH is 1. The average molecular weight is 288 g/mol. The first-order valence-electron chi connectivity index (χ1n) is 6.10. The summed E-state index contributed by atoms with van der Waals surface area (Å²) in [6.45, 7) is 0.426. The summed E-state index contributed by atoms with van der Waals surface area (Å²) in [6, 6.07) is 3.62. The number of likely N-dealkylation sites (tertiary alicyclic amines) is 1. The van der Waals surface area contributed by atoms with Crippen molar-refractivity contribution in [2.75, 3.05) is 19.8 Å². The van der Waals surface area contributed by atoms with Gasteiger partial charge in [0, 0.05) is 6.54 Å². The maximum Gasteiger partial charge on any atom is 0.260 e. The molecule has 0 spiro atoms. The summed E-state index contributed by atoms with van der Waals surface area (Å²) in [4.78, 5) is 13.5. The number of amides is 1. The highest BCUT2D eigenvalue weighted by molar-refractivity contribution is 6.32. The number of halogens is 2. The van der Waals surface area contributed by atoms with Gasteiger partial charge in [-0.15, -0.1) is 0 Å². The molecule has 1 aliphatic heterocycles. The van der Waals surface area contributed by atoms with Crippen LogP contribution in [0.3, 0.4) is 0 Å². The minimum absolute atomic E-state index is 0.0386. The lowest BCUT2D eigenvalue weighted by atomic mass is 10.2. The fraction of sp³-hybridized carbons (Fsp3) is 0.462. The van der Waals surface area contributed by atoms with E-state index in [0.717, 1.165) is 18.9 Å². The van der Waals surface area contributed by atoms with Crippen molar-refractivity contribution in [3.63, 3.8) is 0 Å². The number of hydrogen-bond acceptors (Lipinski definition) is 3. The van der Waals surface area contributed by atoms with Gasteiger partial charge in [0.05, 0.1) is 17.7 Å². The smallest absolute Gasteiger partial charge is 0.260 e. The van der Waals surface area contributed by atoms with Gasteiger partial charge < -0.3 is 14.7 Å². The predicted molar refractivity (Wildman–Crippen MR) is 68.7 cm³/mol. The second kappa shape index (κ2) is 6.21. The van der Waals surface area contributed by atoms with Gasteiger partial charge in [0.2, 0.25) is 0 Å². The standard InChI is InChI=1S/C13H15ClFNO3/c14-11-6-9(15)3-4-12(11)19-8-13(18)16-5-1-2-10(16)7-17/h3-4,6,10,17H,1-2,5,7-8H2/t10-/m1/s1. The minimum atomic E-state index is -0.455. The summed E-state index contributed by atoms with van der Waals surface area (Å²) < 4.78 is 18.1. The van der Waals surface area contributed by atoms with Gasteiger partial charge in [-0.3, -0.25) is 4.79 Å². The number of aliphatic hydroxyl groups is 1. The van der Waals surface area contributed by atoms with E-state index in [2.05, 4.69) is 0 Å². The van der Waals surface area contributed by atoms with Crippen LogP contribution in [0.4, 0.5) is 4.39 Å². The zero-order chi connectivity index (χ0) is 13.8. The Labute approximate surface area is 115 Å². The van der Waals surface area contributed by atoms with Crippen molar-refractivity contribution in [1.29, 1.82) is 0 Å². The maximum atomic E-state index is 12.8. The molecule has 1 atom stereocenters. The van der Waals surface area contributed by atoms with Crippen LogP contribution in [0.15, 0.2) is 18.2 Å². The number of carbonyl (C=O) groups excluding carboxylic acids is 1. The molecule has 0 saturated carbocycles. The van der Waals surface area contributed by atoms with Gasteiger partial charge in [-0.25, -0.2) is 4.39 Å². The second-order valence-electron chi connectivity index (χ2n) is 4.43. The van der Waals surface area contributed by atoms with Crippen LogP contribution in [-0.2, 0) is 4.79 Å². The predicted octanol–water partition coefficient (Wildman–Crippen LogP) is 1.84. The quantitative estimate of drug-likeness (QED) is 0.919. The maximum absolute atomic E-state index is 12.8. The number of nitrogens with zero attached hydrogens (tertiary/aromatic N) is 1. The van der Waals surface area contributed by atoms with Crippen molar-refractivity contribution in [3.05, 3.63) is 29.0 Å². The van der Waals surface area contributed by atoms with Gasteiger partial charge in [0.15, 0.2) is 6.61 Å². The highest BCUT2D eigenvalue weighted by atomic mass is 35.5. The molecule has 1 aliphatic rings. The van der Waals surface area contributed by atoms with Gasteiger partial charge >= 0.3 is 0 Å². The molecule has 1 amide bonds. The van der Waals surface area contributed by atoms with Crippen LogP contribution in [0.2, 0.25) is 5.02 Å². The third-order valence-electron chi connectivity index (χ3n) is 3.15. The Bertz CT molecular complexity index is 469. The zero-order valence-electron chi connectivity index (χ0n) is 10.3. The molecule has 1 aromatic carbocycles. The molecular formula is C13H15ClFNO3. The van der Waals surface area contributed by atoms with Crippen molar-refractivity contribution in [3.8, 4) is 5.75 Å². The molecule has 1 heterocycles. The first-order valence-corrected chi connectivity index (χ1v) is 6.48. The molecule has 0 aliphatic carbocycles. The third-order valence-corrected chi connectivity index (χ3v) is 3.45. The van der Waals surface area contributed by atoms with Crippen molar-refractivity contribution >= 4 is 17.5 Å². The Kier molecular flexibility index (Phi) is 4.61. The molecule has 0 aromatic heterocycles. The Morgan fingerprint density at radius 3 is 3.05 bits per heavy atom. The lowest BCUT2D eigenvalue weighted by Crippen LogP contribution is -2.40. The molecule has 2 rings (SSSR count). The van der Waals surface area contributed by atoms with Crippen molar-refractivity contribution in [2.45, 2.75) is 18.9 Å². The minimum Gasteiger partial charge on any atom is -0.482 e. The van der Waals surface area contributed by atoms with Crippen LogP contribution >= 0.6 is 11.6 Å². The SMILES string of the molecule is O=C(COc1ccc(F)cc1Cl)N1CCC[C@@H]1CO. The van der Waals surface area contributed by atoms with E-state index in [0.29, 0.717) is 6.54 Å². The van der Waals surface area contributed by atoms with Crippen molar-refractivity contribution in [1.82, 2.24) is 4.90 Å². The van der Waals surface area contributed by atoms with Gasteiger partial charge in [0.1, 0.15) is 11.6 Å². The Hall–Kier alpha value is -1.33. The van der Waals surface area contributed by atoms with Gasteiger partial charge in [-0.1, -0.05) is 11.6 Å². The van der Waals surface area contributed by atoms with E-state index in [1.807, 2.05) is 0 Å². The largest absolute Gasteiger partial charge is 0.482 e. The second-order valence-corrected chi connectivity index (χ2v) is 4.84. The summed E-state index contributed by atoms with van der Waals surface area (Å²) in [5, 5.41) is 9.28. The lowest BCUT2D eigenvalue weighted by Gasteiger charge is -2.23. The Morgan fingerprint density at radius 2 is 2.37 bits per heavy atom. The average Bonchev–Trinajstić information content (AvgIpc) is 2.85. The number of benzene rings is 1. The monoisotopic (exact) mass is 287 g/mol. The topological polar surface area (TPSA) is 49.8 Å². The van der Waals surface area contributed by atoms with E-state index in [1.54, 1.807) is 4.90 Å². The highest BCUT2D eigenvalue weighted by Crippen LogP contribution is 2.25. The highest BCUT2D eigenvalue weighted by Gasteiger charge is 2.28. The van der Waals surface area contributed by atoms with Crippen LogP contribution in [-0.4, -0.2) is 41.7 Å². The Morgan fingerprint density at radius 1 is 1.58 bits per heavy atom. The molecule has 19 heavy (non-hydrogen) atoms. The molecule has 1 N–H and O–H groups in total. The first kappa shape index (κ1) is 14.1. The van der Waals surface area contributed by atoms with Crippen LogP contribution in [0.25, 0.3) is 0 Å². The molecule has 1 fully saturated rings. The normalized spacial score (nSPS) is 18.7. The molecule has 4 nitrogen and oxygen atoms in total. The number of hydrogen-bond donors (Lipinski definition) is 1. The Balaban J connectivity index is 1.93. The summed E-state index contributed by atoms with van der Waals surface area (Å²) in [6.07, 6.45) is 1.69. The lowest BCUT2D eigenvalue weighted by molar-refractivity contribution is -0.134. The first-order chi connectivity index (χ1) is 9.11. The van der Waals surface area contributed by atoms with Crippen LogP contribution < -0.4 is 4.74 Å². The van der Waals surface area contributed by atoms with Gasteiger partial charge in [0.25, 0.3) is 5.91 Å². The van der Waals surface area contributed by atoms with Gasteiger partial charge in [-0.05, 0) is 31.0 Å². The van der Waals surface area contributed by atoms with E-state index >= 15 is 0 Å². The third kappa shape index (κ3) is 3.36. The number of carbonyl (C=O) groups is 1. The molecule has 6 heteroatoms. The molecule has 1 saturated heterocycles. The number of ether oxygens (including phenoxy) is 1. The van der Waals surface area contributed by atoms with Crippen molar-refractivity contribution < 1.29 is 19.0 Å². The van der Waals surface area contributed by atoms with Crippen LogP contribution in [0.5, 0.6) is 5.75 Å². The van der Waals surface area contributed by atoms with E-state index in [-0.39, 0.29) is 35.9 Å². The molecule has 0 bridgehead atoms. The molecule has 0 unspecified atom stereocenters. The van der Waals surface area contributed by atoms with Gasteiger partial charge in [-0.2, -0.15) is 0 Å². The summed E-state index contributed by atoms with van der Waals surface area (Å²) in [5.74, 6) is -0.378. The zero-order valence-corrected chi connectivity index (χ0v) is 11.1. The van der Waals surface area contributed by atoms with Crippen LogP contribution in [0.1, 0.15) is 12.8 Å². The summed E-state index contributed by atoms with van der Waals surface area (Å²) in [7, 11) is 0. The van der Waals surface area contributed by atoms with Crippen LogP contribution in [0, 0.1) is 5.82 Å². The molecule has 104 valence electrons. The molecular weight excluding hydrogens is 273 g/mol. The van der Waals surface area contributed by atoms with E-state index in [4.69, 9.17) is 21.4 Å². The van der Waals surface area contributed by atoms with E-state index < -0.39 is 5.82 Å². The van der Waals surface area contributed by atoms with Crippen molar-refractivity contribution in [2.24, 2.45) is 0 Å².